The Morgan fingerprint density at radius 2 is 1.79 bits per heavy atom. The largest absolute Gasteiger partial charge is 0.491 e. The van der Waals surface area contributed by atoms with E-state index in [2.05, 4.69) is 15.5 Å². The second kappa shape index (κ2) is 13.9. The van der Waals surface area contributed by atoms with Gasteiger partial charge in [0.1, 0.15) is 5.75 Å². The molecule has 2 aliphatic rings. The van der Waals surface area contributed by atoms with E-state index in [1.165, 1.54) is 6.07 Å². The summed E-state index contributed by atoms with van der Waals surface area (Å²) in [4.78, 5) is 22.0. The van der Waals surface area contributed by atoms with Gasteiger partial charge in [-0.25, -0.2) is 4.98 Å². The van der Waals surface area contributed by atoms with Crippen LogP contribution in [0.5, 0.6) is 5.75 Å². The predicted molar refractivity (Wildman–Crippen MR) is 181 cm³/mol. The summed E-state index contributed by atoms with van der Waals surface area (Å²) in [6, 6.07) is 19.1. The van der Waals surface area contributed by atoms with Gasteiger partial charge in [-0.15, -0.1) is 0 Å². The predicted octanol–water partition coefficient (Wildman–Crippen LogP) is 6.98. The van der Waals surface area contributed by atoms with Crippen LogP contribution in [0.15, 0.2) is 66.7 Å². The Labute approximate surface area is 279 Å². The molecule has 0 spiro atoms. The van der Waals surface area contributed by atoms with Crippen LogP contribution in [0.2, 0.25) is 0 Å². The number of amides is 1. The molecule has 1 aliphatic carbocycles. The molecule has 4 aromatic rings. The number of rotatable bonds is 11. The van der Waals surface area contributed by atoms with Crippen molar-refractivity contribution in [2.24, 2.45) is 0 Å². The Morgan fingerprint density at radius 1 is 1.06 bits per heavy atom. The van der Waals surface area contributed by atoms with Crippen molar-refractivity contribution in [1.82, 2.24) is 20.5 Å². The quantitative estimate of drug-likeness (QED) is 0.161. The Hall–Kier alpha value is -3.99. The summed E-state index contributed by atoms with van der Waals surface area (Å²) in [5.41, 5.74) is 2.74. The van der Waals surface area contributed by atoms with Crippen LogP contribution in [0, 0.1) is 6.92 Å². The minimum atomic E-state index is -4.54. The number of likely N-dealkylation sites (tertiary alicyclic amines) is 1. The van der Waals surface area contributed by atoms with Gasteiger partial charge in [0, 0.05) is 41.7 Å². The van der Waals surface area contributed by atoms with Gasteiger partial charge >= 0.3 is 6.18 Å². The monoisotopic (exact) mass is 660 g/mol. The maximum atomic E-state index is 14.7. The maximum absolute atomic E-state index is 14.7. The zero-order valence-corrected chi connectivity index (χ0v) is 27.7. The first-order valence-corrected chi connectivity index (χ1v) is 16.7. The highest BCUT2D eigenvalue weighted by Crippen LogP contribution is 2.46. The number of pyridine rings is 1. The minimum Gasteiger partial charge on any atom is -0.491 e. The first-order chi connectivity index (χ1) is 23.0. The van der Waals surface area contributed by atoms with Crippen molar-refractivity contribution in [2.45, 2.75) is 76.9 Å². The normalized spacial score (nSPS) is 16.8. The molecule has 1 aromatic heterocycles. The van der Waals surface area contributed by atoms with Crippen LogP contribution in [0.4, 0.5) is 13.2 Å². The number of hydrogen-bond acceptors (Lipinski definition) is 6. The lowest BCUT2D eigenvalue weighted by Gasteiger charge is -2.33. The van der Waals surface area contributed by atoms with Gasteiger partial charge in [-0.3, -0.25) is 9.69 Å². The number of fused-ring (bicyclic) bond motifs is 1. The van der Waals surface area contributed by atoms with E-state index in [0.717, 1.165) is 62.0 Å². The van der Waals surface area contributed by atoms with Gasteiger partial charge < -0.3 is 20.5 Å². The lowest BCUT2D eigenvalue weighted by molar-refractivity contribution is -0.137. The fourth-order valence-corrected chi connectivity index (χ4v) is 6.75. The maximum Gasteiger partial charge on any atom is 0.416 e. The molecule has 7 nitrogen and oxygen atoms in total. The zero-order valence-electron chi connectivity index (χ0n) is 27.7. The highest BCUT2D eigenvalue weighted by atomic mass is 19.4. The van der Waals surface area contributed by atoms with Gasteiger partial charge in [-0.1, -0.05) is 42.5 Å². The molecule has 1 saturated carbocycles. The molecular weight excluding hydrogens is 617 g/mol. The number of aliphatic hydroxyl groups is 1. The molecule has 48 heavy (non-hydrogen) atoms. The molecule has 1 saturated heterocycles. The van der Waals surface area contributed by atoms with E-state index in [0.29, 0.717) is 52.1 Å². The Bertz CT molecular complexity index is 1770. The minimum absolute atomic E-state index is 0.0651. The number of piperidine rings is 1. The van der Waals surface area contributed by atoms with Crippen molar-refractivity contribution in [3.05, 3.63) is 94.5 Å². The average Bonchev–Trinajstić information content (AvgIpc) is 3.85. The number of carbonyl (C=O) groups excluding carboxylic acids is 1. The van der Waals surface area contributed by atoms with E-state index in [9.17, 15) is 23.1 Å². The summed E-state index contributed by atoms with van der Waals surface area (Å²) in [6.07, 6.45) is -1.38. The number of hydrogen-bond donors (Lipinski definition) is 3. The zero-order chi connectivity index (χ0) is 34.1. The topological polar surface area (TPSA) is 86.7 Å². The van der Waals surface area contributed by atoms with E-state index >= 15 is 0 Å². The van der Waals surface area contributed by atoms with Gasteiger partial charge in [-0.2, -0.15) is 13.2 Å². The van der Waals surface area contributed by atoms with Gasteiger partial charge in [0.2, 0.25) is 0 Å². The molecule has 0 atom stereocenters. The lowest BCUT2D eigenvalue weighted by atomic mass is 9.92. The molecule has 1 amide bonds. The molecular formula is C38H43F3N4O3. The third kappa shape index (κ3) is 7.36. The molecule has 254 valence electrons. The fourth-order valence-electron chi connectivity index (χ4n) is 6.75. The Morgan fingerprint density at radius 3 is 2.44 bits per heavy atom. The SMILES string of the molecule is Cc1cc2c(C(=O)NC3(c4ccccc4)CC3)c(CN3CCC(NCCO)CC3)c(-c3cccc(C(F)(F)F)c3)nc2cc1OC(C)C. The number of benzene rings is 3. The molecule has 6 rings (SSSR count). The van der Waals surface area contributed by atoms with Crippen molar-refractivity contribution in [3.8, 4) is 17.0 Å². The van der Waals surface area contributed by atoms with E-state index in [1.807, 2.05) is 57.2 Å². The van der Waals surface area contributed by atoms with Gasteiger partial charge in [0.25, 0.3) is 5.91 Å². The van der Waals surface area contributed by atoms with Crippen molar-refractivity contribution in [3.63, 3.8) is 0 Å². The van der Waals surface area contributed by atoms with Crippen LogP contribution in [0.25, 0.3) is 22.2 Å². The summed E-state index contributed by atoms with van der Waals surface area (Å²) in [5.74, 6) is 0.336. The molecule has 0 bridgehead atoms. The third-order valence-electron chi connectivity index (χ3n) is 9.38. The second-order valence-corrected chi connectivity index (χ2v) is 13.3. The average molecular weight is 661 g/mol. The summed E-state index contributed by atoms with van der Waals surface area (Å²) in [5, 5.41) is 16.6. The number of ether oxygens (including phenoxy) is 1. The summed E-state index contributed by atoms with van der Waals surface area (Å²) in [7, 11) is 0. The molecule has 2 fully saturated rings. The molecule has 2 heterocycles. The number of aromatic nitrogens is 1. The Kier molecular flexibility index (Phi) is 9.79. The number of aryl methyl sites for hydroxylation is 1. The van der Waals surface area contributed by atoms with E-state index < -0.39 is 17.3 Å². The Balaban J connectivity index is 1.52. The molecule has 10 heteroatoms. The van der Waals surface area contributed by atoms with Crippen LogP contribution >= 0.6 is 0 Å². The summed E-state index contributed by atoms with van der Waals surface area (Å²) in [6.45, 7) is 8.14. The van der Waals surface area contributed by atoms with Gasteiger partial charge in [-0.05, 0) is 88.9 Å². The molecule has 0 unspecified atom stereocenters. The van der Waals surface area contributed by atoms with Crippen LogP contribution in [-0.2, 0) is 18.3 Å². The first-order valence-electron chi connectivity index (χ1n) is 16.7. The van der Waals surface area contributed by atoms with E-state index in [-0.39, 0.29) is 24.7 Å². The number of alkyl halides is 3. The van der Waals surface area contributed by atoms with Crippen LogP contribution in [0.3, 0.4) is 0 Å². The molecule has 3 aromatic carbocycles. The fraction of sp³-hybridized carbons (Fsp3) is 0.421. The highest BCUT2D eigenvalue weighted by molar-refractivity contribution is 6.10. The van der Waals surface area contributed by atoms with Crippen LogP contribution in [0.1, 0.15) is 72.1 Å². The number of nitrogens with one attached hydrogen (secondary N) is 2. The van der Waals surface area contributed by atoms with E-state index in [1.54, 1.807) is 12.1 Å². The number of aliphatic hydroxyl groups excluding tert-OH is 1. The molecule has 3 N–H and O–H groups in total. The van der Waals surface area contributed by atoms with E-state index in [4.69, 9.17) is 9.72 Å². The van der Waals surface area contributed by atoms with Gasteiger partial charge in [0.15, 0.2) is 0 Å². The number of carbonyl (C=O) groups is 1. The second-order valence-electron chi connectivity index (χ2n) is 13.3. The van der Waals surface area contributed by atoms with Crippen molar-refractivity contribution in [1.29, 1.82) is 0 Å². The van der Waals surface area contributed by atoms with Crippen molar-refractivity contribution in [2.75, 3.05) is 26.2 Å². The number of nitrogens with zero attached hydrogens (tertiary/aromatic N) is 2. The van der Waals surface area contributed by atoms with Crippen molar-refractivity contribution < 1.29 is 27.8 Å². The van der Waals surface area contributed by atoms with Crippen LogP contribution < -0.4 is 15.4 Å². The molecule has 1 aliphatic heterocycles. The summed E-state index contributed by atoms with van der Waals surface area (Å²) >= 11 is 0. The standard InChI is InChI=1S/C38H43F3N4O3/c1-24(2)48-33-22-32-30(20-25(33)3)34(36(47)44-37(14-15-37)27-9-5-4-6-10-27)31(23-45-17-12-29(13-18-45)42-16-19-46)35(43-32)26-8-7-11-28(21-26)38(39,40)41/h4-11,20-22,24,29,42,46H,12-19,23H2,1-3H3,(H,44,47). The molecule has 0 radical (unpaired) electrons. The summed E-state index contributed by atoms with van der Waals surface area (Å²) < 4.78 is 48.0. The smallest absolute Gasteiger partial charge is 0.416 e. The third-order valence-corrected chi connectivity index (χ3v) is 9.38. The van der Waals surface area contributed by atoms with Crippen LogP contribution in [-0.4, -0.2) is 59.3 Å². The number of halogens is 3. The van der Waals surface area contributed by atoms with Crippen molar-refractivity contribution >= 4 is 16.8 Å². The lowest BCUT2D eigenvalue weighted by Crippen LogP contribution is -2.43. The first kappa shape index (κ1) is 33.9. The highest BCUT2D eigenvalue weighted by Gasteiger charge is 2.46. The van der Waals surface area contributed by atoms with Gasteiger partial charge in [0.05, 0.1) is 40.6 Å².